The molecule has 2 N–H and O–H groups in total. The van der Waals surface area contributed by atoms with E-state index in [-0.39, 0.29) is 6.10 Å². The summed E-state index contributed by atoms with van der Waals surface area (Å²) >= 11 is 12.1. The van der Waals surface area contributed by atoms with Crippen LogP contribution in [-0.2, 0) is 4.74 Å². The predicted molar refractivity (Wildman–Crippen MR) is 110 cm³/mol. The molecule has 7 heteroatoms. The summed E-state index contributed by atoms with van der Waals surface area (Å²) in [6.45, 7) is 4.51. The van der Waals surface area contributed by atoms with Crippen LogP contribution in [0.1, 0.15) is 18.1 Å². The van der Waals surface area contributed by atoms with E-state index in [9.17, 15) is 4.79 Å². The van der Waals surface area contributed by atoms with Gasteiger partial charge >= 0.3 is 6.09 Å². The van der Waals surface area contributed by atoms with Crippen molar-refractivity contribution in [2.24, 2.45) is 5.73 Å². The maximum atomic E-state index is 11.2. The fraction of sp³-hybridized carbons (Fsp3) is 0.350. The highest BCUT2D eigenvalue weighted by atomic mass is 35.5. The molecule has 1 fully saturated rings. The fourth-order valence-electron chi connectivity index (χ4n) is 3.31. The van der Waals surface area contributed by atoms with Crippen molar-refractivity contribution in [3.63, 3.8) is 0 Å². The van der Waals surface area contributed by atoms with Gasteiger partial charge in [0.1, 0.15) is 6.10 Å². The summed E-state index contributed by atoms with van der Waals surface area (Å²) in [6, 6.07) is 15.4. The van der Waals surface area contributed by atoms with E-state index in [4.69, 9.17) is 33.7 Å². The summed E-state index contributed by atoms with van der Waals surface area (Å²) in [5.41, 5.74) is 7.29. The van der Waals surface area contributed by atoms with E-state index in [1.54, 1.807) is 0 Å². The summed E-state index contributed by atoms with van der Waals surface area (Å²) in [6.07, 6.45) is -0.357. The predicted octanol–water partition coefficient (Wildman–Crippen LogP) is 4.34. The number of carbonyl (C=O) groups excluding carboxylic acids is 1. The lowest BCUT2D eigenvalue weighted by molar-refractivity contribution is 0.0910. The van der Waals surface area contributed by atoms with E-state index in [0.717, 1.165) is 44.0 Å². The molecule has 27 heavy (non-hydrogen) atoms. The Morgan fingerprint density at radius 3 is 2.37 bits per heavy atom. The van der Waals surface area contributed by atoms with Gasteiger partial charge in [-0.25, -0.2) is 4.79 Å². The topological polar surface area (TPSA) is 58.8 Å². The molecule has 2 aromatic rings. The highest BCUT2D eigenvalue weighted by Crippen LogP contribution is 2.28. The molecule has 0 radical (unpaired) electrons. The summed E-state index contributed by atoms with van der Waals surface area (Å²) in [4.78, 5) is 15.9. The molecule has 144 valence electrons. The first kappa shape index (κ1) is 19.8. The molecule has 1 aliphatic heterocycles. The largest absolute Gasteiger partial charge is 0.441 e. The summed E-state index contributed by atoms with van der Waals surface area (Å²) in [7, 11) is 0. The molecule has 1 amide bonds. The number of hydrogen-bond acceptors (Lipinski definition) is 4. The molecule has 0 saturated carbocycles. The number of anilines is 1. The zero-order valence-electron chi connectivity index (χ0n) is 15.0. The van der Waals surface area contributed by atoms with Crippen LogP contribution >= 0.6 is 23.2 Å². The molecule has 0 aromatic heterocycles. The number of primary amides is 1. The van der Waals surface area contributed by atoms with Crippen LogP contribution in [0.2, 0.25) is 10.0 Å². The van der Waals surface area contributed by atoms with Crippen LogP contribution in [-0.4, -0.2) is 43.7 Å². The first-order chi connectivity index (χ1) is 13.0. The van der Waals surface area contributed by atoms with Crippen LogP contribution in [0.4, 0.5) is 10.5 Å². The lowest BCUT2D eigenvalue weighted by Crippen LogP contribution is -2.46. The quantitative estimate of drug-likeness (QED) is 0.773. The third-order valence-electron chi connectivity index (χ3n) is 4.78. The third kappa shape index (κ3) is 5.51. The van der Waals surface area contributed by atoms with Crippen molar-refractivity contribution in [1.82, 2.24) is 4.90 Å². The number of ether oxygens (including phenoxy) is 1. The molecule has 0 bridgehead atoms. The monoisotopic (exact) mass is 407 g/mol. The number of nitrogens with zero attached hydrogens (tertiary/aromatic N) is 2. The van der Waals surface area contributed by atoms with Gasteiger partial charge in [0, 0.05) is 44.8 Å². The highest BCUT2D eigenvalue weighted by molar-refractivity contribution is 6.42. The number of amides is 1. The normalized spacial score (nSPS) is 16.1. The summed E-state index contributed by atoms with van der Waals surface area (Å²) < 4.78 is 5.32. The van der Waals surface area contributed by atoms with Crippen LogP contribution in [0.3, 0.4) is 0 Å². The van der Waals surface area contributed by atoms with E-state index >= 15 is 0 Å². The maximum absolute atomic E-state index is 11.2. The first-order valence-electron chi connectivity index (χ1n) is 8.96. The van der Waals surface area contributed by atoms with Crippen molar-refractivity contribution in [3.05, 3.63) is 64.1 Å². The number of benzene rings is 2. The smallest absolute Gasteiger partial charge is 0.405 e. The lowest BCUT2D eigenvalue weighted by Gasteiger charge is -2.36. The van der Waals surface area contributed by atoms with E-state index in [2.05, 4.69) is 9.80 Å². The van der Waals surface area contributed by atoms with Crippen molar-refractivity contribution in [2.75, 3.05) is 37.6 Å². The zero-order chi connectivity index (χ0) is 19.2. The van der Waals surface area contributed by atoms with E-state index in [0.29, 0.717) is 16.5 Å². The minimum absolute atomic E-state index is 0.322. The second-order valence-corrected chi connectivity index (χ2v) is 7.37. The van der Waals surface area contributed by atoms with E-state index in [1.165, 1.54) is 0 Å². The molecule has 2 aromatic carbocycles. The van der Waals surface area contributed by atoms with Crippen molar-refractivity contribution < 1.29 is 9.53 Å². The van der Waals surface area contributed by atoms with E-state index in [1.807, 2.05) is 48.5 Å². The fourth-order valence-corrected chi connectivity index (χ4v) is 3.61. The summed E-state index contributed by atoms with van der Waals surface area (Å²) in [5, 5.41) is 1.14. The number of rotatable bonds is 6. The number of hydrogen-bond donors (Lipinski definition) is 1. The van der Waals surface area contributed by atoms with Gasteiger partial charge in [0.25, 0.3) is 0 Å². The minimum Gasteiger partial charge on any atom is -0.441 e. The molecule has 1 aliphatic rings. The summed E-state index contributed by atoms with van der Waals surface area (Å²) in [5.74, 6) is 0. The van der Waals surface area contributed by atoms with Gasteiger partial charge in [-0.05, 0) is 23.8 Å². The van der Waals surface area contributed by atoms with Gasteiger partial charge < -0.3 is 15.4 Å². The van der Waals surface area contributed by atoms with Gasteiger partial charge in [-0.1, -0.05) is 53.5 Å². The molecule has 1 heterocycles. The van der Waals surface area contributed by atoms with Gasteiger partial charge in [0.15, 0.2) is 0 Å². The minimum atomic E-state index is -0.742. The van der Waals surface area contributed by atoms with Gasteiger partial charge in [-0.2, -0.15) is 0 Å². The van der Waals surface area contributed by atoms with Gasteiger partial charge in [0.05, 0.1) is 10.0 Å². The molecule has 1 unspecified atom stereocenters. The number of piperazine rings is 1. The molecule has 0 spiro atoms. The van der Waals surface area contributed by atoms with Crippen LogP contribution in [0.15, 0.2) is 48.5 Å². The van der Waals surface area contributed by atoms with Crippen molar-refractivity contribution in [3.8, 4) is 0 Å². The van der Waals surface area contributed by atoms with Crippen LogP contribution < -0.4 is 10.6 Å². The Morgan fingerprint density at radius 1 is 1.04 bits per heavy atom. The Kier molecular flexibility index (Phi) is 6.83. The van der Waals surface area contributed by atoms with Crippen LogP contribution in [0, 0.1) is 0 Å². The Balaban J connectivity index is 1.53. The average Bonchev–Trinajstić information content (AvgIpc) is 2.68. The molecular weight excluding hydrogens is 385 g/mol. The van der Waals surface area contributed by atoms with E-state index < -0.39 is 6.09 Å². The molecule has 1 saturated heterocycles. The lowest BCUT2D eigenvalue weighted by atomic mass is 10.1. The molecule has 5 nitrogen and oxygen atoms in total. The SMILES string of the molecule is NC(=O)OC(CCN1CCN(c2ccc(Cl)c(Cl)c2)CC1)c1ccccc1. The van der Waals surface area contributed by atoms with Gasteiger partial charge in [-0.15, -0.1) is 0 Å². The number of halogens is 2. The first-order valence-corrected chi connectivity index (χ1v) is 9.72. The van der Waals surface area contributed by atoms with Gasteiger partial charge in [0.2, 0.25) is 0 Å². The zero-order valence-corrected chi connectivity index (χ0v) is 16.5. The third-order valence-corrected chi connectivity index (χ3v) is 5.52. The van der Waals surface area contributed by atoms with Gasteiger partial charge in [-0.3, -0.25) is 4.90 Å². The Labute approximate surface area is 169 Å². The molecular formula is C20H23Cl2N3O2. The van der Waals surface area contributed by atoms with Crippen molar-refractivity contribution >= 4 is 35.0 Å². The second-order valence-electron chi connectivity index (χ2n) is 6.55. The second kappa shape index (κ2) is 9.31. The number of carbonyl (C=O) groups is 1. The number of nitrogens with two attached hydrogens (primary N) is 1. The Morgan fingerprint density at radius 2 is 1.74 bits per heavy atom. The Bertz CT molecular complexity index is 765. The van der Waals surface area contributed by atoms with Crippen LogP contribution in [0.5, 0.6) is 0 Å². The average molecular weight is 408 g/mol. The maximum Gasteiger partial charge on any atom is 0.405 e. The van der Waals surface area contributed by atoms with Crippen molar-refractivity contribution in [1.29, 1.82) is 0 Å². The highest BCUT2D eigenvalue weighted by Gasteiger charge is 2.21. The van der Waals surface area contributed by atoms with Crippen molar-refractivity contribution in [2.45, 2.75) is 12.5 Å². The molecule has 1 atom stereocenters. The molecule has 3 rings (SSSR count). The Hall–Kier alpha value is -1.95. The standard InChI is InChI=1S/C20H23Cl2N3O2/c21-17-7-6-16(14-18(17)22)25-12-10-24(11-13-25)9-8-19(27-20(23)26)15-4-2-1-3-5-15/h1-7,14,19H,8-13H2,(H2,23,26). The molecule has 0 aliphatic carbocycles. The van der Waals surface area contributed by atoms with Crippen LogP contribution in [0.25, 0.3) is 0 Å².